The van der Waals surface area contributed by atoms with Gasteiger partial charge < -0.3 is 14.6 Å². The molecule has 1 saturated heterocycles. The zero-order valence-corrected chi connectivity index (χ0v) is 13.5. The van der Waals surface area contributed by atoms with Crippen molar-refractivity contribution in [1.29, 1.82) is 0 Å². The van der Waals surface area contributed by atoms with E-state index in [1.807, 2.05) is 42.2 Å². The smallest absolute Gasteiger partial charge is 0.295 e. The van der Waals surface area contributed by atoms with Crippen molar-refractivity contribution in [3.63, 3.8) is 0 Å². The second-order valence-electron chi connectivity index (χ2n) is 5.69. The highest BCUT2D eigenvalue weighted by Gasteiger charge is 2.28. The van der Waals surface area contributed by atoms with E-state index in [9.17, 15) is 4.79 Å². The van der Waals surface area contributed by atoms with E-state index in [0.717, 1.165) is 22.4 Å². The van der Waals surface area contributed by atoms with Gasteiger partial charge >= 0.3 is 0 Å². The summed E-state index contributed by atoms with van der Waals surface area (Å²) in [6, 6.07) is 10.2. The van der Waals surface area contributed by atoms with E-state index in [4.69, 9.17) is 4.42 Å². The maximum absolute atomic E-state index is 12.4. The molecule has 118 valence electrons. The number of oxazole rings is 1. The first-order valence-electron chi connectivity index (χ1n) is 7.54. The largest absolute Gasteiger partial charge is 0.424 e. The number of fused-ring (bicyclic) bond motifs is 1. The lowest BCUT2D eigenvalue weighted by Gasteiger charge is -2.15. The summed E-state index contributed by atoms with van der Waals surface area (Å²) >= 11 is 1.36. The van der Waals surface area contributed by atoms with Gasteiger partial charge in [0.25, 0.3) is 11.9 Å². The topological polar surface area (TPSA) is 71.3 Å². The van der Waals surface area contributed by atoms with Crippen molar-refractivity contribution >= 4 is 34.6 Å². The highest BCUT2D eigenvalue weighted by molar-refractivity contribution is 7.05. The highest BCUT2D eigenvalue weighted by Crippen LogP contribution is 2.22. The van der Waals surface area contributed by atoms with Gasteiger partial charge in [-0.15, -0.1) is 0 Å². The van der Waals surface area contributed by atoms with Crippen LogP contribution in [0.4, 0.5) is 6.01 Å². The average Bonchev–Trinajstić information content (AvgIpc) is 3.25. The summed E-state index contributed by atoms with van der Waals surface area (Å²) in [6.45, 7) is 3.30. The van der Waals surface area contributed by atoms with E-state index in [-0.39, 0.29) is 11.9 Å². The summed E-state index contributed by atoms with van der Waals surface area (Å²) < 4.78 is 9.87. The molecule has 3 aromatic rings. The molecular formula is C16H16N4O2S. The molecule has 1 amide bonds. The van der Waals surface area contributed by atoms with Gasteiger partial charge in [0.15, 0.2) is 5.58 Å². The van der Waals surface area contributed by atoms with Crippen LogP contribution in [0.15, 0.2) is 34.7 Å². The molecule has 0 bridgehead atoms. The molecule has 1 atom stereocenters. The number of carbonyl (C=O) groups excluding carboxylic acids is 1. The van der Waals surface area contributed by atoms with Gasteiger partial charge in [0.05, 0.1) is 0 Å². The number of anilines is 1. The average molecular weight is 328 g/mol. The molecule has 1 N–H and O–H groups in total. The van der Waals surface area contributed by atoms with Crippen molar-refractivity contribution in [1.82, 2.24) is 14.3 Å². The molecule has 2 aromatic heterocycles. The Morgan fingerprint density at radius 2 is 2.30 bits per heavy atom. The molecular weight excluding hydrogens is 312 g/mol. The van der Waals surface area contributed by atoms with E-state index < -0.39 is 0 Å². The molecule has 1 aliphatic rings. The Hall–Kier alpha value is -2.41. The Balaban J connectivity index is 1.43. The normalized spacial score (nSPS) is 17.8. The number of amides is 1. The van der Waals surface area contributed by atoms with Gasteiger partial charge in [-0.1, -0.05) is 12.1 Å². The lowest BCUT2D eigenvalue weighted by Crippen LogP contribution is -2.31. The number of nitrogens with zero attached hydrogens (tertiary/aromatic N) is 3. The summed E-state index contributed by atoms with van der Waals surface area (Å²) in [4.78, 5) is 19.7. The molecule has 1 aliphatic heterocycles. The SMILES string of the molecule is Cc1cc(C(=O)N2CC[C@@H](Nc3nc4ccccc4o3)C2)ns1. The number of likely N-dealkylation sites (tertiary alicyclic amines) is 1. The molecule has 0 radical (unpaired) electrons. The van der Waals surface area contributed by atoms with Crippen molar-refractivity contribution in [3.05, 3.63) is 40.9 Å². The molecule has 0 unspecified atom stereocenters. The molecule has 4 rings (SSSR count). The summed E-state index contributed by atoms with van der Waals surface area (Å²) in [7, 11) is 0. The van der Waals surface area contributed by atoms with Crippen LogP contribution in [0.2, 0.25) is 0 Å². The third-order valence-corrected chi connectivity index (χ3v) is 4.64. The van der Waals surface area contributed by atoms with E-state index in [1.165, 1.54) is 11.5 Å². The number of aryl methyl sites for hydroxylation is 1. The third-order valence-electron chi connectivity index (χ3n) is 3.94. The Labute approximate surface area is 137 Å². The van der Waals surface area contributed by atoms with Crippen LogP contribution in [0.5, 0.6) is 0 Å². The number of para-hydroxylation sites is 2. The summed E-state index contributed by atoms with van der Waals surface area (Å²) in [5.74, 6) is -0.00350. The maximum atomic E-state index is 12.4. The van der Waals surface area contributed by atoms with Gasteiger partial charge in [-0.3, -0.25) is 4.79 Å². The summed E-state index contributed by atoms with van der Waals surface area (Å²) in [5, 5.41) is 3.28. The minimum atomic E-state index is -0.00350. The maximum Gasteiger partial charge on any atom is 0.295 e. The fourth-order valence-corrected chi connectivity index (χ4v) is 3.34. The number of aromatic nitrogens is 2. The molecule has 1 fully saturated rings. The fraction of sp³-hybridized carbons (Fsp3) is 0.312. The van der Waals surface area contributed by atoms with E-state index in [2.05, 4.69) is 14.7 Å². The molecule has 3 heterocycles. The molecule has 23 heavy (non-hydrogen) atoms. The van der Waals surface area contributed by atoms with Crippen molar-refractivity contribution in [2.45, 2.75) is 19.4 Å². The van der Waals surface area contributed by atoms with Gasteiger partial charge in [0.1, 0.15) is 11.2 Å². The van der Waals surface area contributed by atoms with Gasteiger partial charge in [-0.25, -0.2) is 0 Å². The summed E-state index contributed by atoms with van der Waals surface area (Å²) in [6.07, 6.45) is 0.869. The van der Waals surface area contributed by atoms with Gasteiger partial charge in [0.2, 0.25) is 0 Å². The molecule has 0 saturated carbocycles. The number of benzene rings is 1. The zero-order chi connectivity index (χ0) is 15.8. The van der Waals surface area contributed by atoms with Crippen molar-refractivity contribution < 1.29 is 9.21 Å². The number of hydrogen-bond donors (Lipinski definition) is 1. The standard InChI is InChI=1S/C16H16N4O2S/c1-10-8-13(19-23-10)15(21)20-7-6-11(9-20)17-16-18-12-4-2-3-5-14(12)22-16/h2-5,8,11H,6-7,9H2,1H3,(H,17,18)/t11-/m1/s1. The molecule has 1 aromatic carbocycles. The van der Waals surface area contributed by atoms with Crippen LogP contribution in [0.25, 0.3) is 11.1 Å². The van der Waals surface area contributed by atoms with Gasteiger partial charge in [-0.2, -0.15) is 9.36 Å². The number of rotatable bonds is 3. The van der Waals surface area contributed by atoms with Crippen LogP contribution in [0.3, 0.4) is 0 Å². The van der Waals surface area contributed by atoms with Crippen LogP contribution in [0, 0.1) is 6.92 Å². The van der Waals surface area contributed by atoms with Crippen molar-refractivity contribution in [2.75, 3.05) is 18.4 Å². The second-order valence-corrected chi connectivity index (χ2v) is 6.70. The Morgan fingerprint density at radius 1 is 1.43 bits per heavy atom. The minimum Gasteiger partial charge on any atom is -0.424 e. The lowest BCUT2D eigenvalue weighted by molar-refractivity contribution is 0.0787. The number of nitrogens with one attached hydrogen (secondary N) is 1. The zero-order valence-electron chi connectivity index (χ0n) is 12.7. The van der Waals surface area contributed by atoms with Gasteiger partial charge in [0, 0.05) is 24.0 Å². The predicted molar refractivity (Wildman–Crippen MR) is 88.8 cm³/mol. The third kappa shape index (κ3) is 2.79. The Morgan fingerprint density at radius 3 is 3.09 bits per heavy atom. The van der Waals surface area contributed by atoms with Crippen LogP contribution in [-0.4, -0.2) is 39.3 Å². The Bertz CT molecular complexity index is 824. The number of hydrogen-bond acceptors (Lipinski definition) is 6. The van der Waals surface area contributed by atoms with Crippen molar-refractivity contribution in [3.8, 4) is 0 Å². The molecule has 0 aliphatic carbocycles. The monoisotopic (exact) mass is 328 g/mol. The van der Waals surface area contributed by atoms with Gasteiger partial charge in [-0.05, 0) is 43.1 Å². The lowest BCUT2D eigenvalue weighted by atomic mass is 10.3. The predicted octanol–water partition coefficient (Wildman–Crippen LogP) is 2.92. The first-order chi connectivity index (χ1) is 11.2. The van der Waals surface area contributed by atoms with E-state index >= 15 is 0 Å². The number of carbonyl (C=O) groups is 1. The quantitative estimate of drug-likeness (QED) is 0.800. The van der Waals surface area contributed by atoms with Crippen molar-refractivity contribution in [2.24, 2.45) is 0 Å². The van der Waals surface area contributed by atoms with Crippen LogP contribution >= 0.6 is 11.5 Å². The highest BCUT2D eigenvalue weighted by atomic mass is 32.1. The first-order valence-corrected chi connectivity index (χ1v) is 8.31. The first kappa shape index (κ1) is 14.2. The van der Waals surface area contributed by atoms with E-state index in [1.54, 1.807) is 0 Å². The van der Waals surface area contributed by atoms with Crippen LogP contribution in [-0.2, 0) is 0 Å². The molecule has 7 heteroatoms. The van der Waals surface area contributed by atoms with E-state index in [0.29, 0.717) is 24.8 Å². The molecule has 0 spiro atoms. The Kier molecular flexibility index (Phi) is 3.49. The second kappa shape index (κ2) is 5.66. The van der Waals surface area contributed by atoms with Crippen LogP contribution in [0.1, 0.15) is 21.8 Å². The van der Waals surface area contributed by atoms with Crippen LogP contribution < -0.4 is 5.32 Å². The fourth-order valence-electron chi connectivity index (χ4n) is 2.80. The summed E-state index contributed by atoms with van der Waals surface area (Å²) in [5.41, 5.74) is 2.13. The molecule has 6 nitrogen and oxygen atoms in total. The minimum absolute atomic E-state index is 0.00350.